The molecule has 7 nitrogen and oxygen atoms in total. The zero-order valence-corrected chi connectivity index (χ0v) is 15.3. The summed E-state index contributed by atoms with van der Waals surface area (Å²) < 4.78 is 25.6. The van der Waals surface area contributed by atoms with Crippen molar-refractivity contribution in [3.05, 3.63) is 0 Å². The number of hydrogen-bond acceptors (Lipinski definition) is 5. The van der Waals surface area contributed by atoms with Crippen molar-refractivity contribution in [2.24, 2.45) is 5.92 Å². The quantitative estimate of drug-likeness (QED) is 0.696. The third-order valence-corrected chi connectivity index (χ3v) is 6.41. The molecular weight excluding hydrogens is 316 g/mol. The van der Waals surface area contributed by atoms with Crippen LogP contribution in [0.5, 0.6) is 0 Å². The van der Waals surface area contributed by atoms with Crippen LogP contribution in [-0.2, 0) is 14.8 Å². The van der Waals surface area contributed by atoms with Gasteiger partial charge < -0.3 is 9.80 Å². The Kier molecular flexibility index (Phi) is 6.41. The molecule has 0 aromatic carbocycles. The number of piperazine rings is 1. The van der Waals surface area contributed by atoms with Crippen molar-refractivity contribution in [3.8, 4) is 0 Å². The van der Waals surface area contributed by atoms with E-state index in [4.69, 9.17) is 0 Å². The summed E-state index contributed by atoms with van der Waals surface area (Å²) in [4.78, 5) is 18.1. The highest BCUT2D eigenvalue weighted by molar-refractivity contribution is 7.89. The molecule has 1 amide bonds. The largest absolute Gasteiger partial charge is 0.340 e. The van der Waals surface area contributed by atoms with Gasteiger partial charge in [-0.25, -0.2) is 13.1 Å². The lowest BCUT2D eigenvalue weighted by Crippen LogP contribution is -2.53. The monoisotopic (exact) mass is 346 g/mol. The molecule has 0 aromatic rings. The fraction of sp³-hybridized carbons (Fsp3) is 0.933. The molecule has 0 unspecified atom stereocenters. The Morgan fingerprint density at radius 3 is 2.39 bits per heavy atom. The third-order valence-electron chi connectivity index (χ3n) is 5.01. The minimum Gasteiger partial charge on any atom is -0.340 e. The number of rotatable bonds is 6. The summed E-state index contributed by atoms with van der Waals surface area (Å²) in [6.07, 6.45) is 0. The Bertz CT molecular complexity index is 503. The fourth-order valence-electron chi connectivity index (χ4n) is 3.54. The van der Waals surface area contributed by atoms with Gasteiger partial charge in [0, 0.05) is 65.3 Å². The van der Waals surface area contributed by atoms with Gasteiger partial charge in [0.1, 0.15) is 0 Å². The van der Waals surface area contributed by atoms with Gasteiger partial charge in [-0.05, 0) is 12.8 Å². The van der Waals surface area contributed by atoms with Crippen LogP contribution < -0.4 is 4.72 Å². The van der Waals surface area contributed by atoms with E-state index in [1.54, 1.807) is 13.8 Å². The van der Waals surface area contributed by atoms with Gasteiger partial charge in [-0.3, -0.25) is 9.69 Å². The summed E-state index contributed by atoms with van der Waals surface area (Å²) in [5, 5.41) is 0. The van der Waals surface area contributed by atoms with Crippen molar-refractivity contribution in [2.75, 3.05) is 58.1 Å². The van der Waals surface area contributed by atoms with Gasteiger partial charge in [0.15, 0.2) is 0 Å². The third kappa shape index (κ3) is 5.14. The van der Waals surface area contributed by atoms with E-state index in [1.165, 1.54) is 0 Å². The lowest BCUT2D eigenvalue weighted by Gasteiger charge is -2.39. The van der Waals surface area contributed by atoms with E-state index in [9.17, 15) is 13.2 Å². The molecule has 2 aliphatic heterocycles. The molecule has 0 saturated carbocycles. The first kappa shape index (κ1) is 18.6. The van der Waals surface area contributed by atoms with Crippen molar-refractivity contribution in [1.29, 1.82) is 0 Å². The Hall–Kier alpha value is -0.700. The van der Waals surface area contributed by atoms with E-state index < -0.39 is 10.0 Å². The maximum Gasteiger partial charge on any atom is 0.219 e. The lowest BCUT2D eigenvalue weighted by molar-refractivity contribution is -0.130. The first-order valence-electron chi connectivity index (χ1n) is 8.51. The van der Waals surface area contributed by atoms with Crippen LogP contribution in [0, 0.1) is 5.92 Å². The number of likely N-dealkylation sites (tertiary alicyclic amines) is 1. The van der Waals surface area contributed by atoms with E-state index in [2.05, 4.69) is 21.4 Å². The van der Waals surface area contributed by atoms with Crippen LogP contribution in [-0.4, -0.2) is 93.2 Å². The van der Waals surface area contributed by atoms with E-state index in [-0.39, 0.29) is 11.7 Å². The molecule has 2 atom stereocenters. The number of nitrogens with zero attached hydrogens (tertiary/aromatic N) is 3. The second-order valence-corrected chi connectivity index (χ2v) is 8.74. The number of carbonyl (C=O) groups excluding carboxylic acids is 1. The summed E-state index contributed by atoms with van der Waals surface area (Å²) in [6.45, 7) is 12.3. The highest BCUT2D eigenvalue weighted by Crippen LogP contribution is 2.22. The predicted molar refractivity (Wildman–Crippen MR) is 90.7 cm³/mol. The molecule has 0 aliphatic carbocycles. The fourth-order valence-corrected chi connectivity index (χ4v) is 4.14. The predicted octanol–water partition coefficient (Wildman–Crippen LogP) is -0.590. The van der Waals surface area contributed by atoms with Crippen molar-refractivity contribution in [3.63, 3.8) is 0 Å². The van der Waals surface area contributed by atoms with Crippen LogP contribution in [0.1, 0.15) is 20.8 Å². The smallest absolute Gasteiger partial charge is 0.219 e. The van der Waals surface area contributed by atoms with Gasteiger partial charge in [0.05, 0.1) is 5.75 Å². The Balaban J connectivity index is 1.77. The minimum absolute atomic E-state index is 0.131. The number of carbonyl (C=O) groups is 1. The first-order valence-corrected chi connectivity index (χ1v) is 10.2. The molecule has 2 fully saturated rings. The second-order valence-electron chi connectivity index (χ2n) is 6.64. The Morgan fingerprint density at radius 2 is 1.83 bits per heavy atom. The van der Waals surface area contributed by atoms with Gasteiger partial charge in [0.2, 0.25) is 15.9 Å². The van der Waals surface area contributed by atoms with Gasteiger partial charge in [-0.15, -0.1) is 0 Å². The van der Waals surface area contributed by atoms with Crippen LogP contribution in [0.25, 0.3) is 0 Å². The molecule has 1 N–H and O–H groups in total. The maximum atomic E-state index is 11.5. The molecule has 0 radical (unpaired) electrons. The Morgan fingerprint density at radius 1 is 1.17 bits per heavy atom. The zero-order chi connectivity index (χ0) is 17.0. The number of sulfonamides is 1. The molecule has 23 heavy (non-hydrogen) atoms. The molecule has 2 rings (SSSR count). The van der Waals surface area contributed by atoms with Gasteiger partial charge >= 0.3 is 0 Å². The van der Waals surface area contributed by atoms with Crippen LogP contribution in [0.2, 0.25) is 0 Å². The normalized spacial score (nSPS) is 27.5. The molecule has 8 heteroatoms. The molecular formula is C15H30N4O3S. The first-order chi connectivity index (χ1) is 10.8. The van der Waals surface area contributed by atoms with Gasteiger partial charge in [-0.2, -0.15) is 0 Å². The van der Waals surface area contributed by atoms with E-state index in [1.807, 2.05) is 4.90 Å². The standard InChI is InChI=1S/C15H30N4O3S/c1-4-23(21,22)16-5-6-17-11-13(2)15(12-17)19-9-7-18(8-10-19)14(3)20/h13,15-16H,4-12H2,1-3H3/t13-,15+/m1/s1. The van der Waals surface area contributed by atoms with Crippen LogP contribution in [0.3, 0.4) is 0 Å². The summed E-state index contributed by atoms with van der Waals surface area (Å²) in [6, 6.07) is 0.506. The summed E-state index contributed by atoms with van der Waals surface area (Å²) >= 11 is 0. The average molecular weight is 346 g/mol. The lowest BCUT2D eigenvalue weighted by atomic mass is 10.0. The van der Waals surface area contributed by atoms with Crippen LogP contribution in [0.4, 0.5) is 0 Å². The SMILES string of the molecule is CCS(=O)(=O)NCCN1C[C@@H](C)[C@@H](N2CCN(C(C)=O)CC2)C1. The molecule has 2 aliphatic rings. The molecule has 0 aromatic heterocycles. The van der Waals surface area contributed by atoms with Crippen molar-refractivity contribution < 1.29 is 13.2 Å². The molecule has 2 saturated heterocycles. The van der Waals surface area contributed by atoms with E-state index >= 15 is 0 Å². The molecule has 0 bridgehead atoms. The molecule has 2 heterocycles. The van der Waals surface area contributed by atoms with Crippen LogP contribution in [0.15, 0.2) is 0 Å². The highest BCUT2D eigenvalue weighted by Gasteiger charge is 2.35. The number of amides is 1. The van der Waals surface area contributed by atoms with Gasteiger partial charge in [-0.1, -0.05) is 6.92 Å². The molecule has 0 spiro atoms. The van der Waals surface area contributed by atoms with E-state index in [0.29, 0.717) is 18.5 Å². The van der Waals surface area contributed by atoms with Crippen molar-refractivity contribution in [2.45, 2.75) is 26.8 Å². The number of nitrogens with one attached hydrogen (secondary N) is 1. The summed E-state index contributed by atoms with van der Waals surface area (Å²) in [7, 11) is -3.10. The maximum absolute atomic E-state index is 11.5. The summed E-state index contributed by atoms with van der Waals surface area (Å²) in [5.74, 6) is 0.863. The molecule has 134 valence electrons. The van der Waals surface area contributed by atoms with Crippen molar-refractivity contribution >= 4 is 15.9 Å². The zero-order valence-electron chi connectivity index (χ0n) is 14.5. The average Bonchev–Trinajstić information content (AvgIpc) is 2.88. The van der Waals surface area contributed by atoms with Crippen LogP contribution >= 0.6 is 0 Å². The summed E-state index contributed by atoms with van der Waals surface area (Å²) in [5.41, 5.74) is 0. The Labute approximate surface area is 140 Å². The van der Waals surface area contributed by atoms with E-state index in [0.717, 1.165) is 45.8 Å². The second kappa shape index (κ2) is 7.92. The number of hydrogen-bond donors (Lipinski definition) is 1. The minimum atomic E-state index is -3.10. The van der Waals surface area contributed by atoms with Crippen molar-refractivity contribution in [1.82, 2.24) is 19.4 Å². The van der Waals surface area contributed by atoms with Gasteiger partial charge in [0.25, 0.3) is 0 Å². The highest BCUT2D eigenvalue weighted by atomic mass is 32.2. The topological polar surface area (TPSA) is 73.0 Å².